The molecule has 32 heavy (non-hydrogen) atoms. The van der Waals surface area contributed by atoms with Gasteiger partial charge >= 0.3 is 0 Å². The molecule has 1 unspecified atom stereocenters. The van der Waals surface area contributed by atoms with Gasteiger partial charge in [0.25, 0.3) is 0 Å². The van der Waals surface area contributed by atoms with Gasteiger partial charge in [0.2, 0.25) is 17.6 Å². The summed E-state index contributed by atoms with van der Waals surface area (Å²) in [4.78, 5) is 47.8. The highest BCUT2D eigenvalue weighted by molar-refractivity contribution is 8.16. The molecule has 0 aromatic carbocycles. The van der Waals surface area contributed by atoms with Gasteiger partial charge in [-0.3, -0.25) is 19.4 Å². The van der Waals surface area contributed by atoms with Crippen molar-refractivity contribution in [3.05, 3.63) is 36.6 Å². The molecule has 5 N–H and O–H groups in total. The molecule has 1 aliphatic rings. The first kappa shape index (κ1) is 27.2. The molecular formula is C22H34N6O3S. The highest BCUT2D eigenvalue weighted by atomic mass is 32.2. The number of nitrogens with two attached hydrogens (primary N) is 2. The smallest absolute Gasteiger partial charge is 0.243 e. The number of carbonyl (C=O) groups is 3. The lowest BCUT2D eigenvalue weighted by atomic mass is 10.1. The molecule has 0 aliphatic carbocycles. The van der Waals surface area contributed by atoms with Crippen molar-refractivity contribution in [3.8, 4) is 0 Å². The lowest BCUT2D eigenvalue weighted by Gasteiger charge is -2.27. The van der Waals surface area contributed by atoms with Crippen molar-refractivity contribution in [1.29, 1.82) is 0 Å². The Balaban J connectivity index is 3.15. The number of nitrogens with one attached hydrogen (secondary N) is 1. The molecule has 2 amide bonds. The molecule has 0 radical (unpaired) electrons. The number of aliphatic imine (C=N–C) groups is 2. The van der Waals surface area contributed by atoms with Crippen molar-refractivity contribution in [2.24, 2.45) is 21.5 Å². The number of hydrogen-bond donors (Lipinski definition) is 3. The number of Topliss-reactive ketones (excluding diaryl/α,β-unsaturated/α-hetero) is 1. The van der Waals surface area contributed by atoms with Gasteiger partial charge in [0.15, 0.2) is 5.96 Å². The molecule has 0 bridgehead atoms. The molecule has 0 saturated heterocycles. The predicted octanol–water partition coefficient (Wildman–Crippen LogP) is 1.51. The van der Waals surface area contributed by atoms with Crippen LogP contribution in [-0.4, -0.2) is 64.4 Å². The number of guanidine groups is 1. The van der Waals surface area contributed by atoms with Gasteiger partial charge in [-0.15, -0.1) is 0 Å². The van der Waals surface area contributed by atoms with Gasteiger partial charge < -0.3 is 21.7 Å². The van der Waals surface area contributed by atoms with Crippen molar-refractivity contribution in [2.75, 3.05) is 13.6 Å². The Morgan fingerprint density at radius 2 is 2.03 bits per heavy atom. The summed E-state index contributed by atoms with van der Waals surface area (Å²) in [7, 11) is 1.56. The van der Waals surface area contributed by atoms with E-state index in [0.29, 0.717) is 31.5 Å². The van der Waals surface area contributed by atoms with E-state index in [-0.39, 0.29) is 27.9 Å². The Bertz CT molecular complexity index is 830. The molecule has 1 rings (SSSR count). The number of ketones is 1. The van der Waals surface area contributed by atoms with E-state index in [4.69, 9.17) is 11.5 Å². The molecule has 0 aromatic rings. The van der Waals surface area contributed by atoms with Crippen LogP contribution in [0.4, 0.5) is 0 Å². The minimum absolute atomic E-state index is 0.00141. The zero-order valence-corrected chi connectivity index (χ0v) is 20.0. The fraction of sp³-hybridized carbons (Fsp3) is 0.500. The van der Waals surface area contributed by atoms with E-state index >= 15 is 0 Å². The predicted molar refractivity (Wildman–Crippen MR) is 131 cm³/mol. The molecule has 1 heterocycles. The number of hydrogen-bond acceptors (Lipinski definition) is 6. The molecule has 0 aromatic heterocycles. The number of likely N-dealkylation sites (N-methyl/N-ethyl adjacent to an activating group) is 1. The summed E-state index contributed by atoms with van der Waals surface area (Å²) >= 11 is 1.30. The largest absolute Gasteiger partial charge is 0.370 e. The van der Waals surface area contributed by atoms with E-state index in [1.165, 1.54) is 23.6 Å². The Morgan fingerprint density at radius 1 is 1.34 bits per heavy atom. The molecule has 0 saturated carbocycles. The Hall–Kier alpha value is -2.88. The van der Waals surface area contributed by atoms with Crippen LogP contribution in [0.25, 0.3) is 0 Å². The SMILES string of the molecule is C=C1/C=C\C=C/C(C)SC(C(=O)[C@H](CCCN=C(N)N)NC(=O)[C@H](CC)N(C)C(C)=O)=N1. The van der Waals surface area contributed by atoms with Crippen LogP contribution < -0.4 is 16.8 Å². The summed E-state index contributed by atoms with van der Waals surface area (Å²) < 4.78 is 0. The van der Waals surface area contributed by atoms with Crippen molar-refractivity contribution in [3.63, 3.8) is 0 Å². The van der Waals surface area contributed by atoms with Crippen LogP contribution in [0.1, 0.15) is 40.0 Å². The standard InChI is InChI=1S/C22H34N6O3S/c1-6-18(28(5)16(4)29)20(31)27-17(12-9-13-25-22(23)24)19(30)21-26-14(2)10-7-8-11-15(3)32-21/h7-8,10-11,15,17-18H,2,6,9,12-13H2,1,3-5H3,(H,27,31)(H4,23,24,25)/b10-7-,11-8-,26-21?/t15?,17-,18-/m0/s1. The lowest BCUT2D eigenvalue weighted by Crippen LogP contribution is -2.52. The normalized spacial score (nSPS) is 19.8. The minimum atomic E-state index is -0.842. The van der Waals surface area contributed by atoms with Crippen molar-refractivity contribution >= 4 is 40.4 Å². The number of carbonyl (C=O) groups excluding carboxylic acids is 3. The monoisotopic (exact) mass is 462 g/mol. The summed E-state index contributed by atoms with van der Waals surface area (Å²) in [5.74, 6) is -0.982. The lowest BCUT2D eigenvalue weighted by molar-refractivity contribution is -0.138. The highest BCUT2D eigenvalue weighted by Gasteiger charge is 2.30. The molecular weight excluding hydrogens is 428 g/mol. The number of rotatable bonds is 10. The van der Waals surface area contributed by atoms with Crippen LogP contribution in [0.15, 0.2) is 46.6 Å². The van der Waals surface area contributed by atoms with E-state index in [0.717, 1.165) is 0 Å². The van der Waals surface area contributed by atoms with Gasteiger partial charge in [0.1, 0.15) is 11.1 Å². The van der Waals surface area contributed by atoms with Crippen LogP contribution in [0.5, 0.6) is 0 Å². The van der Waals surface area contributed by atoms with Crippen LogP contribution in [0.3, 0.4) is 0 Å². The quantitative estimate of drug-likeness (QED) is 0.255. The maximum atomic E-state index is 13.4. The van der Waals surface area contributed by atoms with Gasteiger partial charge in [-0.2, -0.15) is 0 Å². The zero-order valence-electron chi connectivity index (χ0n) is 19.2. The molecule has 3 atom stereocenters. The molecule has 10 heteroatoms. The van der Waals surface area contributed by atoms with Crippen LogP contribution in [-0.2, 0) is 14.4 Å². The van der Waals surface area contributed by atoms with Crippen LogP contribution >= 0.6 is 11.8 Å². The molecule has 176 valence electrons. The van der Waals surface area contributed by atoms with Crippen molar-refractivity contribution < 1.29 is 14.4 Å². The number of allylic oxidation sites excluding steroid dienone is 3. The Labute approximate surface area is 194 Å². The molecule has 1 aliphatic heterocycles. The maximum absolute atomic E-state index is 13.4. The fourth-order valence-corrected chi connectivity index (χ4v) is 3.90. The van der Waals surface area contributed by atoms with Crippen LogP contribution in [0, 0.1) is 0 Å². The maximum Gasteiger partial charge on any atom is 0.243 e. The van der Waals surface area contributed by atoms with E-state index in [9.17, 15) is 14.4 Å². The topological polar surface area (TPSA) is 143 Å². The van der Waals surface area contributed by atoms with Crippen molar-refractivity contribution in [1.82, 2.24) is 10.2 Å². The first-order chi connectivity index (χ1) is 15.1. The Morgan fingerprint density at radius 3 is 2.62 bits per heavy atom. The Kier molecular flexibility index (Phi) is 11.5. The zero-order chi connectivity index (χ0) is 24.3. The highest BCUT2D eigenvalue weighted by Crippen LogP contribution is 2.20. The summed E-state index contributed by atoms with van der Waals surface area (Å²) in [6, 6.07) is -1.53. The number of amides is 2. The minimum Gasteiger partial charge on any atom is -0.370 e. The third kappa shape index (κ3) is 9.09. The molecule has 9 nitrogen and oxygen atoms in total. The van der Waals surface area contributed by atoms with E-state index in [2.05, 4.69) is 21.9 Å². The van der Waals surface area contributed by atoms with Gasteiger partial charge in [-0.25, -0.2) is 4.99 Å². The second-order valence-electron chi connectivity index (χ2n) is 7.40. The first-order valence-electron chi connectivity index (χ1n) is 10.5. The summed E-state index contributed by atoms with van der Waals surface area (Å²) in [6.45, 7) is 9.34. The first-order valence-corrected chi connectivity index (χ1v) is 11.4. The summed E-state index contributed by atoms with van der Waals surface area (Å²) in [6.07, 6.45) is 8.55. The van der Waals surface area contributed by atoms with E-state index in [1.807, 2.05) is 32.1 Å². The van der Waals surface area contributed by atoms with Crippen molar-refractivity contribution in [2.45, 2.75) is 57.4 Å². The average Bonchev–Trinajstić information content (AvgIpc) is 2.80. The van der Waals surface area contributed by atoms with Gasteiger partial charge in [-0.05, 0) is 32.3 Å². The fourth-order valence-electron chi connectivity index (χ4n) is 2.95. The number of thioether (sulfide) groups is 1. The molecule has 0 spiro atoms. The summed E-state index contributed by atoms with van der Waals surface area (Å²) in [5, 5.41) is 3.08. The third-order valence-electron chi connectivity index (χ3n) is 4.77. The third-order valence-corrected chi connectivity index (χ3v) is 5.81. The van der Waals surface area contributed by atoms with E-state index < -0.39 is 18.0 Å². The second kappa shape index (κ2) is 13.5. The van der Waals surface area contributed by atoms with Gasteiger partial charge in [0.05, 0.1) is 11.7 Å². The van der Waals surface area contributed by atoms with E-state index in [1.54, 1.807) is 13.1 Å². The second-order valence-corrected chi connectivity index (χ2v) is 8.77. The van der Waals surface area contributed by atoms with Gasteiger partial charge in [-0.1, -0.05) is 43.5 Å². The summed E-state index contributed by atoms with van der Waals surface area (Å²) in [5.41, 5.74) is 11.2. The van der Waals surface area contributed by atoms with Gasteiger partial charge in [0, 0.05) is 25.8 Å². The number of nitrogens with zero attached hydrogens (tertiary/aromatic N) is 3. The van der Waals surface area contributed by atoms with Crippen LogP contribution in [0.2, 0.25) is 0 Å². The average molecular weight is 463 g/mol. The molecule has 0 fully saturated rings.